The van der Waals surface area contributed by atoms with E-state index in [1.165, 1.54) is 62.3 Å². The van der Waals surface area contributed by atoms with Crippen LogP contribution in [0.25, 0.3) is 6.08 Å². The van der Waals surface area contributed by atoms with Gasteiger partial charge in [-0.05, 0) is 49.7 Å². The largest absolute Gasteiger partial charge is 0.493 e. The average molecular weight is 467 g/mol. The van der Waals surface area contributed by atoms with Gasteiger partial charge in [-0.15, -0.1) is 0 Å². The minimum atomic E-state index is -2.94. The zero-order chi connectivity index (χ0) is 23.1. The van der Waals surface area contributed by atoms with Gasteiger partial charge < -0.3 is 4.74 Å². The molecule has 0 amide bonds. The molecule has 3 nitrogen and oxygen atoms in total. The quantitative estimate of drug-likeness (QED) is 0.362. The van der Waals surface area contributed by atoms with Crippen LogP contribution in [0.4, 0.5) is 0 Å². The first-order valence-corrected chi connectivity index (χ1v) is 14.7. The van der Waals surface area contributed by atoms with Gasteiger partial charge in [0.15, 0.2) is 0 Å². The predicted octanol–water partition coefficient (Wildman–Crippen LogP) is 7.17. The Morgan fingerprint density at radius 2 is 1.91 bits per heavy atom. The molecule has 1 fully saturated rings. The van der Waals surface area contributed by atoms with Crippen LogP contribution in [-0.4, -0.2) is 27.0 Å². The number of sulfone groups is 1. The Balaban J connectivity index is 1.33. The normalized spacial score (nSPS) is 25.3. The molecule has 178 valence electrons. The minimum Gasteiger partial charge on any atom is -0.493 e. The lowest BCUT2D eigenvalue weighted by atomic mass is 9.83. The molecule has 0 aromatic heterocycles. The number of fused-ring (bicyclic) bond motifs is 1. The van der Waals surface area contributed by atoms with E-state index in [9.17, 15) is 8.42 Å². The van der Waals surface area contributed by atoms with Gasteiger partial charge >= 0.3 is 0 Å². The minimum absolute atomic E-state index is 0.164. The first kappa shape index (κ1) is 24.1. The number of hydrogen-bond acceptors (Lipinski definition) is 3. The highest BCUT2D eigenvalue weighted by atomic mass is 32.2. The van der Waals surface area contributed by atoms with Crippen LogP contribution in [0.15, 0.2) is 59.7 Å². The van der Waals surface area contributed by atoms with Crippen molar-refractivity contribution >= 4 is 15.9 Å². The molecule has 0 spiro atoms. The number of rotatable bonds is 9. The van der Waals surface area contributed by atoms with Gasteiger partial charge in [-0.2, -0.15) is 0 Å². The van der Waals surface area contributed by atoms with Crippen molar-refractivity contribution in [2.24, 2.45) is 5.92 Å². The molecule has 1 aromatic rings. The van der Waals surface area contributed by atoms with Crippen molar-refractivity contribution < 1.29 is 13.2 Å². The van der Waals surface area contributed by atoms with Crippen LogP contribution in [0.3, 0.4) is 0 Å². The Hall–Kier alpha value is -2.07. The third kappa shape index (κ3) is 7.20. The Bertz CT molecular complexity index is 1040. The Labute approximate surface area is 200 Å². The SMILES string of the molecule is CS(=O)(=O)CCCOc1cccc2c1C=C[C@@H]2CC1=C\CC/C(CC2CCCCC2)=C/C=C\1. The second-order valence-corrected chi connectivity index (χ2v) is 12.2. The molecule has 4 heteroatoms. The summed E-state index contributed by atoms with van der Waals surface area (Å²) >= 11 is 0. The summed E-state index contributed by atoms with van der Waals surface area (Å²) in [7, 11) is -2.94. The van der Waals surface area contributed by atoms with E-state index in [1.54, 1.807) is 5.57 Å². The number of ether oxygens (including phenoxy) is 1. The average Bonchev–Trinajstić information content (AvgIpc) is 3.18. The standard InChI is InChI=1S/C29H38O3S/c1-33(30,31)20-8-19-32-29-16-7-15-27-26(17-18-28(27)29)22-25-13-5-11-24(12-6-14-25)21-23-9-3-2-4-10-23/h5,7,11,13-18,23,26H,2-4,6,8-10,12,19-22H2,1H3/b13-5-,24-11-,25-14-/t26-/m1/s1. The third-order valence-corrected chi connectivity index (χ3v) is 8.19. The van der Waals surface area contributed by atoms with E-state index in [0.29, 0.717) is 18.9 Å². The molecule has 0 N–H and O–H groups in total. The zero-order valence-corrected chi connectivity index (χ0v) is 20.8. The van der Waals surface area contributed by atoms with E-state index in [0.717, 1.165) is 30.1 Å². The number of allylic oxidation sites excluding steroid dienone is 7. The first-order valence-electron chi connectivity index (χ1n) is 12.6. The van der Waals surface area contributed by atoms with Crippen LogP contribution in [-0.2, 0) is 9.84 Å². The molecule has 0 aliphatic heterocycles. The van der Waals surface area contributed by atoms with Crippen molar-refractivity contribution in [3.8, 4) is 5.75 Å². The molecular weight excluding hydrogens is 428 g/mol. The van der Waals surface area contributed by atoms with E-state index in [-0.39, 0.29) is 5.75 Å². The molecule has 1 aromatic carbocycles. The molecule has 0 saturated heterocycles. The second-order valence-electron chi connectivity index (χ2n) is 9.97. The molecule has 4 rings (SSSR count). The first-order chi connectivity index (χ1) is 16.0. The van der Waals surface area contributed by atoms with Crippen molar-refractivity contribution in [2.45, 2.75) is 70.1 Å². The van der Waals surface area contributed by atoms with Gasteiger partial charge in [0, 0.05) is 17.7 Å². The number of hydrogen-bond donors (Lipinski definition) is 0. The molecular formula is C29H38O3S. The van der Waals surface area contributed by atoms with Crippen LogP contribution in [0.2, 0.25) is 0 Å². The van der Waals surface area contributed by atoms with E-state index in [4.69, 9.17) is 4.74 Å². The summed E-state index contributed by atoms with van der Waals surface area (Å²) < 4.78 is 28.6. The molecule has 3 aliphatic rings. The maximum atomic E-state index is 11.3. The van der Waals surface area contributed by atoms with E-state index in [2.05, 4.69) is 42.5 Å². The fourth-order valence-electron chi connectivity index (χ4n) is 5.43. The van der Waals surface area contributed by atoms with E-state index >= 15 is 0 Å². The lowest BCUT2D eigenvalue weighted by Crippen LogP contribution is -2.08. The fraction of sp³-hybridized carbons (Fsp3) is 0.517. The van der Waals surface area contributed by atoms with Gasteiger partial charge in [-0.25, -0.2) is 8.42 Å². The highest BCUT2D eigenvalue weighted by Gasteiger charge is 2.21. The summed E-state index contributed by atoms with van der Waals surface area (Å²) in [6.07, 6.45) is 27.3. The van der Waals surface area contributed by atoms with Crippen LogP contribution in [0.5, 0.6) is 5.75 Å². The van der Waals surface area contributed by atoms with Crippen LogP contribution < -0.4 is 4.74 Å². The van der Waals surface area contributed by atoms with Crippen molar-refractivity contribution in [3.05, 3.63) is 70.9 Å². The van der Waals surface area contributed by atoms with Gasteiger partial charge in [-0.3, -0.25) is 0 Å². The molecule has 33 heavy (non-hydrogen) atoms. The predicted molar refractivity (Wildman–Crippen MR) is 138 cm³/mol. The lowest BCUT2D eigenvalue weighted by Gasteiger charge is -2.23. The number of benzene rings is 1. The summed E-state index contributed by atoms with van der Waals surface area (Å²) in [6, 6.07) is 6.23. The smallest absolute Gasteiger partial charge is 0.147 e. The van der Waals surface area contributed by atoms with Crippen LogP contribution in [0, 0.1) is 5.92 Å². The maximum Gasteiger partial charge on any atom is 0.147 e. The Kier molecular flexibility index (Phi) is 8.29. The summed E-state index contributed by atoms with van der Waals surface area (Å²) in [5, 5.41) is 0. The molecule has 0 heterocycles. The van der Waals surface area contributed by atoms with Crippen molar-refractivity contribution in [3.63, 3.8) is 0 Å². The monoisotopic (exact) mass is 466 g/mol. The highest BCUT2D eigenvalue weighted by molar-refractivity contribution is 7.90. The Morgan fingerprint density at radius 1 is 1.06 bits per heavy atom. The second kappa shape index (κ2) is 11.4. The Morgan fingerprint density at radius 3 is 2.73 bits per heavy atom. The third-order valence-electron chi connectivity index (χ3n) is 7.16. The van der Waals surface area contributed by atoms with Crippen molar-refractivity contribution in [2.75, 3.05) is 18.6 Å². The van der Waals surface area contributed by atoms with Gasteiger partial charge in [0.1, 0.15) is 15.6 Å². The molecule has 1 saturated carbocycles. The van der Waals surface area contributed by atoms with Crippen LogP contribution >= 0.6 is 0 Å². The fourth-order valence-corrected chi connectivity index (χ4v) is 6.07. The summed E-state index contributed by atoms with van der Waals surface area (Å²) in [5.41, 5.74) is 5.48. The van der Waals surface area contributed by atoms with Crippen LogP contribution in [0.1, 0.15) is 81.3 Å². The van der Waals surface area contributed by atoms with Gasteiger partial charge in [0.05, 0.1) is 12.4 Å². The molecule has 0 unspecified atom stereocenters. The van der Waals surface area contributed by atoms with E-state index < -0.39 is 9.84 Å². The van der Waals surface area contributed by atoms with Crippen molar-refractivity contribution in [1.29, 1.82) is 0 Å². The molecule has 0 radical (unpaired) electrons. The van der Waals surface area contributed by atoms with Gasteiger partial charge in [0.2, 0.25) is 0 Å². The topological polar surface area (TPSA) is 43.4 Å². The summed E-state index contributed by atoms with van der Waals surface area (Å²) in [4.78, 5) is 0. The zero-order valence-electron chi connectivity index (χ0n) is 20.0. The molecule has 1 atom stereocenters. The highest BCUT2D eigenvalue weighted by Crippen LogP contribution is 2.40. The summed E-state index contributed by atoms with van der Waals surface area (Å²) in [5.74, 6) is 2.29. The lowest BCUT2D eigenvalue weighted by molar-refractivity contribution is 0.317. The van der Waals surface area contributed by atoms with E-state index in [1.807, 2.05) is 12.1 Å². The van der Waals surface area contributed by atoms with Gasteiger partial charge in [0.25, 0.3) is 0 Å². The van der Waals surface area contributed by atoms with Gasteiger partial charge in [-0.1, -0.05) is 91.8 Å². The maximum absolute atomic E-state index is 11.3. The molecule has 0 bridgehead atoms. The van der Waals surface area contributed by atoms with Crippen molar-refractivity contribution in [1.82, 2.24) is 0 Å². The molecule has 3 aliphatic carbocycles. The summed E-state index contributed by atoms with van der Waals surface area (Å²) in [6.45, 7) is 0.422.